The second-order valence-corrected chi connectivity index (χ2v) is 3.88. The van der Waals surface area contributed by atoms with E-state index in [1.165, 1.54) is 0 Å². The number of aliphatic hydroxyl groups is 1. The first-order chi connectivity index (χ1) is 6.88. The Hall–Kier alpha value is -1.14. The van der Waals surface area contributed by atoms with Crippen LogP contribution in [0.5, 0.6) is 0 Å². The van der Waals surface area contributed by atoms with E-state index in [-0.39, 0.29) is 5.92 Å². The first-order valence-corrected chi connectivity index (χ1v) is 4.84. The summed E-state index contributed by atoms with van der Waals surface area (Å²) < 4.78 is 0. The molecule has 0 aliphatic carbocycles. The van der Waals surface area contributed by atoms with Gasteiger partial charge in [-0.2, -0.15) is 0 Å². The van der Waals surface area contributed by atoms with Crippen LogP contribution in [0.4, 0.5) is 0 Å². The van der Waals surface area contributed by atoms with Gasteiger partial charge in [-0.05, 0) is 12.3 Å². The van der Waals surface area contributed by atoms with Gasteiger partial charge in [-0.15, -0.1) is 0 Å². The van der Waals surface area contributed by atoms with E-state index in [4.69, 9.17) is 16.6 Å². The molecule has 0 heterocycles. The minimum absolute atomic E-state index is 0.230. The second kappa shape index (κ2) is 6.36. The van der Waals surface area contributed by atoms with Crippen LogP contribution >= 0.6 is 0 Å². The average molecular weight is 217 g/mol. The molecule has 0 aromatic carbocycles. The molecule has 0 aromatic heterocycles. The number of nitrogens with two attached hydrogens (primary N) is 2. The summed E-state index contributed by atoms with van der Waals surface area (Å²) in [7, 11) is 0. The molecule has 0 saturated heterocycles. The van der Waals surface area contributed by atoms with Gasteiger partial charge in [0.15, 0.2) is 0 Å². The number of aliphatic hydroxyl groups excluding tert-OH is 1. The molecule has 0 aliphatic heterocycles. The van der Waals surface area contributed by atoms with Crippen LogP contribution in [0.1, 0.15) is 20.3 Å². The van der Waals surface area contributed by atoms with E-state index in [9.17, 15) is 9.59 Å². The van der Waals surface area contributed by atoms with Crippen LogP contribution in [-0.2, 0) is 9.59 Å². The van der Waals surface area contributed by atoms with Gasteiger partial charge in [0.1, 0.15) is 12.1 Å². The predicted octanol–water partition coefficient (Wildman–Crippen LogP) is -1.68. The number of hydrogen-bond acceptors (Lipinski definition) is 4. The summed E-state index contributed by atoms with van der Waals surface area (Å²) in [4.78, 5) is 22.3. The molecule has 0 fully saturated rings. The van der Waals surface area contributed by atoms with E-state index in [1.807, 2.05) is 13.8 Å². The van der Waals surface area contributed by atoms with Crippen LogP contribution in [0, 0.1) is 5.92 Å². The molecule has 0 radical (unpaired) electrons. The summed E-state index contributed by atoms with van der Waals surface area (Å²) in [6.45, 7) is 3.36. The highest BCUT2D eigenvalue weighted by molar-refractivity contribution is 5.88. The Kier molecular flexibility index (Phi) is 5.88. The molecule has 6 heteroatoms. The third kappa shape index (κ3) is 5.34. The molecule has 2 atom stereocenters. The van der Waals surface area contributed by atoms with Gasteiger partial charge in [-0.3, -0.25) is 9.59 Å². The molecule has 0 unspecified atom stereocenters. The fourth-order valence-corrected chi connectivity index (χ4v) is 1.08. The van der Waals surface area contributed by atoms with Gasteiger partial charge in [0.2, 0.25) is 11.8 Å². The van der Waals surface area contributed by atoms with Crippen molar-refractivity contribution in [3.05, 3.63) is 0 Å². The van der Waals surface area contributed by atoms with E-state index in [0.29, 0.717) is 6.42 Å². The summed E-state index contributed by atoms with van der Waals surface area (Å²) in [6, 6.07) is -1.74. The summed E-state index contributed by atoms with van der Waals surface area (Å²) in [5.74, 6) is -0.933. The monoisotopic (exact) mass is 217 g/mol. The lowest BCUT2D eigenvalue weighted by Gasteiger charge is -2.19. The molecule has 0 aliphatic rings. The summed E-state index contributed by atoms with van der Waals surface area (Å²) in [6.07, 6.45) is 0.458. The zero-order valence-electron chi connectivity index (χ0n) is 9.06. The Balaban J connectivity index is 4.29. The number of carbonyl (C=O) groups is 2. The van der Waals surface area contributed by atoms with Crippen LogP contribution in [0.25, 0.3) is 0 Å². The first kappa shape index (κ1) is 13.9. The van der Waals surface area contributed by atoms with Crippen molar-refractivity contribution in [1.82, 2.24) is 5.32 Å². The van der Waals surface area contributed by atoms with Crippen molar-refractivity contribution in [2.75, 3.05) is 6.61 Å². The molecular weight excluding hydrogens is 198 g/mol. The van der Waals surface area contributed by atoms with Crippen molar-refractivity contribution in [2.24, 2.45) is 17.4 Å². The summed E-state index contributed by atoms with van der Waals surface area (Å²) >= 11 is 0. The van der Waals surface area contributed by atoms with E-state index in [2.05, 4.69) is 5.32 Å². The number of hydrogen-bond donors (Lipinski definition) is 4. The van der Waals surface area contributed by atoms with Gasteiger partial charge in [0.05, 0.1) is 6.61 Å². The molecule has 2 amide bonds. The number of nitrogens with one attached hydrogen (secondary N) is 1. The predicted molar refractivity (Wildman–Crippen MR) is 55.6 cm³/mol. The van der Waals surface area contributed by atoms with Crippen LogP contribution in [0.15, 0.2) is 0 Å². The quantitative estimate of drug-likeness (QED) is 0.425. The van der Waals surface area contributed by atoms with Crippen molar-refractivity contribution in [3.63, 3.8) is 0 Å². The number of primary amides is 1. The lowest BCUT2D eigenvalue weighted by Crippen LogP contribution is -2.51. The minimum Gasteiger partial charge on any atom is -0.394 e. The molecule has 0 bridgehead atoms. The Labute approximate surface area is 89.0 Å². The van der Waals surface area contributed by atoms with E-state index in [1.54, 1.807) is 0 Å². The maximum Gasteiger partial charge on any atom is 0.240 e. The van der Waals surface area contributed by atoms with Gasteiger partial charge < -0.3 is 21.9 Å². The molecule has 6 nitrogen and oxygen atoms in total. The minimum atomic E-state index is -1.01. The maximum absolute atomic E-state index is 11.3. The highest BCUT2D eigenvalue weighted by Crippen LogP contribution is 2.04. The Morgan fingerprint density at radius 2 is 1.93 bits per heavy atom. The van der Waals surface area contributed by atoms with Crippen molar-refractivity contribution >= 4 is 11.8 Å². The normalized spacial score (nSPS) is 14.7. The Morgan fingerprint density at radius 3 is 2.27 bits per heavy atom. The lowest BCUT2D eigenvalue weighted by molar-refractivity contribution is -0.129. The third-order valence-electron chi connectivity index (χ3n) is 1.90. The number of rotatable bonds is 6. The van der Waals surface area contributed by atoms with Crippen molar-refractivity contribution in [1.29, 1.82) is 0 Å². The molecule has 6 N–H and O–H groups in total. The topological polar surface area (TPSA) is 118 Å². The molecule has 0 rings (SSSR count). The fraction of sp³-hybridized carbons (Fsp3) is 0.778. The first-order valence-electron chi connectivity index (χ1n) is 4.84. The van der Waals surface area contributed by atoms with E-state index in [0.717, 1.165) is 0 Å². The van der Waals surface area contributed by atoms with Crippen LogP contribution in [-0.4, -0.2) is 35.6 Å². The second-order valence-electron chi connectivity index (χ2n) is 3.88. The molecule has 15 heavy (non-hydrogen) atoms. The zero-order chi connectivity index (χ0) is 12.0. The van der Waals surface area contributed by atoms with Crippen LogP contribution < -0.4 is 16.8 Å². The highest BCUT2D eigenvalue weighted by Gasteiger charge is 2.21. The third-order valence-corrected chi connectivity index (χ3v) is 1.90. The molecule has 0 spiro atoms. The highest BCUT2D eigenvalue weighted by atomic mass is 16.3. The van der Waals surface area contributed by atoms with Crippen LogP contribution in [0.2, 0.25) is 0 Å². The SMILES string of the molecule is CC(C)C[C@H](NC(=O)[C@H](N)CO)C(N)=O. The Morgan fingerprint density at radius 1 is 1.40 bits per heavy atom. The van der Waals surface area contributed by atoms with Crippen molar-refractivity contribution < 1.29 is 14.7 Å². The van der Waals surface area contributed by atoms with Gasteiger partial charge in [0.25, 0.3) is 0 Å². The number of carbonyl (C=O) groups excluding carboxylic acids is 2. The average Bonchev–Trinajstić information content (AvgIpc) is 2.14. The molecular formula is C9H19N3O3. The fourth-order valence-electron chi connectivity index (χ4n) is 1.08. The lowest BCUT2D eigenvalue weighted by atomic mass is 10.0. The van der Waals surface area contributed by atoms with Gasteiger partial charge >= 0.3 is 0 Å². The van der Waals surface area contributed by atoms with Crippen molar-refractivity contribution in [3.8, 4) is 0 Å². The van der Waals surface area contributed by atoms with Gasteiger partial charge in [-0.1, -0.05) is 13.8 Å². The molecule has 88 valence electrons. The van der Waals surface area contributed by atoms with E-state index >= 15 is 0 Å². The smallest absolute Gasteiger partial charge is 0.240 e. The standard InChI is InChI=1S/C9H19N3O3/c1-5(2)3-7(8(11)14)12-9(15)6(10)4-13/h5-7,13H,3-4,10H2,1-2H3,(H2,11,14)(H,12,15)/t6-,7+/m1/s1. The largest absolute Gasteiger partial charge is 0.394 e. The summed E-state index contributed by atoms with van der Waals surface area (Å²) in [5.41, 5.74) is 10.4. The number of amides is 2. The maximum atomic E-state index is 11.3. The van der Waals surface area contributed by atoms with Gasteiger partial charge in [-0.25, -0.2) is 0 Å². The molecule has 0 saturated carbocycles. The zero-order valence-corrected chi connectivity index (χ0v) is 9.06. The van der Waals surface area contributed by atoms with Crippen molar-refractivity contribution in [2.45, 2.75) is 32.4 Å². The summed E-state index contributed by atoms with van der Waals surface area (Å²) in [5, 5.41) is 11.0. The van der Waals surface area contributed by atoms with E-state index < -0.39 is 30.5 Å². The molecule has 0 aromatic rings. The van der Waals surface area contributed by atoms with Gasteiger partial charge in [0, 0.05) is 0 Å². The Bertz CT molecular complexity index is 231. The van der Waals surface area contributed by atoms with Crippen LogP contribution in [0.3, 0.4) is 0 Å².